The molecule has 1 fully saturated rings. The molecule has 1 N–H and O–H groups in total. The summed E-state index contributed by atoms with van der Waals surface area (Å²) in [6, 6.07) is 11.3. The molecule has 34 heavy (non-hydrogen) atoms. The zero-order valence-corrected chi connectivity index (χ0v) is 20.1. The third-order valence-corrected chi connectivity index (χ3v) is 6.66. The zero-order chi connectivity index (χ0) is 24.1. The average Bonchev–Trinajstić information content (AvgIpc) is 3.35. The molecule has 2 heterocycles. The predicted octanol–water partition coefficient (Wildman–Crippen LogP) is 2.95. The number of likely N-dealkylation sites (tertiary alicyclic amines) is 1. The van der Waals surface area contributed by atoms with E-state index in [1.807, 2.05) is 35.2 Å². The fourth-order valence-corrected chi connectivity index (χ4v) is 4.75. The zero-order valence-electron chi connectivity index (χ0n) is 20.1. The molecule has 0 aliphatic carbocycles. The fraction of sp³-hybridized carbons (Fsp3) is 0.462. The molecule has 8 nitrogen and oxygen atoms in total. The molecule has 8 heteroatoms. The Morgan fingerprint density at radius 3 is 2.50 bits per heavy atom. The summed E-state index contributed by atoms with van der Waals surface area (Å²) < 4.78 is 16.0. The maximum absolute atomic E-state index is 13.2. The Labute approximate surface area is 200 Å². The lowest BCUT2D eigenvalue weighted by molar-refractivity contribution is -0.136. The van der Waals surface area contributed by atoms with Crippen molar-refractivity contribution in [2.24, 2.45) is 5.92 Å². The molecule has 0 aromatic heterocycles. The van der Waals surface area contributed by atoms with Gasteiger partial charge in [0.05, 0.1) is 27.2 Å². The number of carbonyl (C=O) groups is 2. The van der Waals surface area contributed by atoms with E-state index in [1.165, 1.54) is 5.56 Å². The lowest BCUT2D eigenvalue weighted by atomic mass is 9.97. The van der Waals surface area contributed by atoms with Crippen LogP contribution >= 0.6 is 0 Å². The van der Waals surface area contributed by atoms with Crippen LogP contribution in [0.25, 0.3) is 0 Å². The highest BCUT2D eigenvalue weighted by Crippen LogP contribution is 2.34. The summed E-state index contributed by atoms with van der Waals surface area (Å²) in [5.41, 5.74) is 3.04. The van der Waals surface area contributed by atoms with Crippen molar-refractivity contribution in [3.63, 3.8) is 0 Å². The molecule has 2 aromatic carbocycles. The third-order valence-electron chi connectivity index (χ3n) is 6.66. The summed E-state index contributed by atoms with van der Waals surface area (Å²) in [4.78, 5) is 29.8. The topological polar surface area (TPSA) is 80.3 Å². The summed E-state index contributed by atoms with van der Waals surface area (Å²) in [5, 5.41) is 2.91. The Balaban J connectivity index is 1.27. The molecule has 0 spiro atoms. The second-order valence-electron chi connectivity index (χ2n) is 8.80. The largest absolute Gasteiger partial charge is 0.497 e. The van der Waals surface area contributed by atoms with E-state index in [0.29, 0.717) is 44.1 Å². The van der Waals surface area contributed by atoms with Crippen molar-refractivity contribution in [3.05, 3.63) is 47.5 Å². The predicted molar refractivity (Wildman–Crippen MR) is 129 cm³/mol. The van der Waals surface area contributed by atoms with Crippen molar-refractivity contribution in [2.75, 3.05) is 52.8 Å². The molecule has 0 saturated carbocycles. The van der Waals surface area contributed by atoms with Gasteiger partial charge in [0.25, 0.3) is 0 Å². The minimum absolute atomic E-state index is 0.0249. The molecule has 0 bridgehead atoms. The van der Waals surface area contributed by atoms with E-state index in [2.05, 4.69) is 10.2 Å². The molecule has 2 aromatic rings. The van der Waals surface area contributed by atoms with E-state index in [0.717, 1.165) is 36.4 Å². The van der Waals surface area contributed by atoms with E-state index in [9.17, 15) is 9.59 Å². The molecule has 2 aliphatic heterocycles. The third kappa shape index (κ3) is 5.44. The Bertz CT molecular complexity index is 1040. The number of anilines is 1. The molecule has 0 radical (unpaired) electrons. The number of nitrogens with zero attached hydrogens (tertiary/aromatic N) is 2. The lowest BCUT2D eigenvalue weighted by Crippen LogP contribution is -2.40. The normalized spacial score (nSPS) is 17.7. The maximum Gasteiger partial charge on any atom is 0.227 e. The highest BCUT2D eigenvalue weighted by molar-refractivity contribution is 5.91. The molecule has 4 rings (SSSR count). The first kappa shape index (κ1) is 23.9. The van der Waals surface area contributed by atoms with Gasteiger partial charge in [-0.15, -0.1) is 0 Å². The summed E-state index contributed by atoms with van der Waals surface area (Å²) >= 11 is 0. The minimum atomic E-state index is -0.0416. The molecule has 1 unspecified atom stereocenters. The number of fused-ring (bicyclic) bond motifs is 1. The van der Waals surface area contributed by atoms with Gasteiger partial charge in [-0.1, -0.05) is 6.07 Å². The number of rotatable bonds is 8. The quantitative estimate of drug-likeness (QED) is 0.643. The monoisotopic (exact) mass is 467 g/mol. The van der Waals surface area contributed by atoms with Gasteiger partial charge in [-0.25, -0.2) is 0 Å². The van der Waals surface area contributed by atoms with Crippen molar-refractivity contribution in [3.8, 4) is 17.2 Å². The molecule has 1 saturated heterocycles. The highest BCUT2D eigenvalue weighted by atomic mass is 16.5. The number of hydrogen-bond donors (Lipinski definition) is 1. The van der Waals surface area contributed by atoms with Crippen LogP contribution in [0.1, 0.15) is 24.0 Å². The number of nitrogens with one attached hydrogen (secondary N) is 1. The van der Waals surface area contributed by atoms with Gasteiger partial charge in [-0.05, 0) is 54.8 Å². The van der Waals surface area contributed by atoms with Crippen molar-refractivity contribution >= 4 is 17.5 Å². The van der Waals surface area contributed by atoms with Gasteiger partial charge in [0.1, 0.15) is 5.75 Å². The van der Waals surface area contributed by atoms with Crippen LogP contribution in [0.2, 0.25) is 0 Å². The summed E-state index contributed by atoms with van der Waals surface area (Å²) in [6.07, 6.45) is 2.02. The van der Waals surface area contributed by atoms with Gasteiger partial charge >= 0.3 is 0 Å². The second kappa shape index (κ2) is 10.8. The summed E-state index contributed by atoms with van der Waals surface area (Å²) in [5.74, 6) is 2.25. The smallest absolute Gasteiger partial charge is 0.227 e. The van der Waals surface area contributed by atoms with Crippen LogP contribution in [-0.4, -0.2) is 69.1 Å². The second-order valence-corrected chi connectivity index (χ2v) is 8.80. The first-order valence-electron chi connectivity index (χ1n) is 11.7. The number of carbonyl (C=O) groups excluding carboxylic acids is 2. The molecule has 1 atom stereocenters. The summed E-state index contributed by atoms with van der Waals surface area (Å²) in [7, 11) is 4.86. The number of ether oxygens (including phenoxy) is 3. The number of methoxy groups -OCH3 is 3. The van der Waals surface area contributed by atoms with E-state index in [-0.39, 0.29) is 17.7 Å². The van der Waals surface area contributed by atoms with E-state index in [4.69, 9.17) is 14.2 Å². The van der Waals surface area contributed by atoms with Crippen LogP contribution in [0.3, 0.4) is 0 Å². The van der Waals surface area contributed by atoms with Gasteiger partial charge in [-0.2, -0.15) is 0 Å². The van der Waals surface area contributed by atoms with Gasteiger partial charge in [0.15, 0.2) is 11.5 Å². The van der Waals surface area contributed by atoms with Gasteiger partial charge in [-0.3, -0.25) is 9.59 Å². The Morgan fingerprint density at radius 1 is 1.00 bits per heavy atom. The molecular weight excluding hydrogens is 434 g/mol. The van der Waals surface area contributed by atoms with Gasteiger partial charge in [0.2, 0.25) is 11.8 Å². The van der Waals surface area contributed by atoms with E-state index >= 15 is 0 Å². The van der Waals surface area contributed by atoms with Crippen molar-refractivity contribution in [1.29, 1.82) is 0 Å². The van der Waals surface area contributed by atoms with Crippen molar-refractivity contribution < 1.29 is 23.8 Å². The first-order chi connectivity index (χ1) is 16.5. The average molecular weight is 468 g/mol. The van der Waals surface area contributed by atoms with Crippen LogP contribution in [0.5, 0.6) is 17.2 Å². The standard InChI is InChI=1S/C26H33N3O5/c1-32-22-6-4-5-21(15-22)27-25(30)9-11-28-10-7-19(16-28)26(31)29-12-8-18-13-23(33-2)24(34-3)14-20(18)17-29/h4-6,13-15,19H,7-12,16-17H2,1-3H3,(H,27,30). The van der Waals surface area contributed by atoms with Crippen LogP contribution in [0.4, 0.5) is 5.69 Å². The Kier molecular flexibility index (Phi) is 7.57. The van der Waals surface area contributed by atoms with Crippen molar-refractivity contribution in [1.82, 2.24) is 9.80 Å². The SMILES string of the molecule is COc1cccc(NC(=O)CCN2CCC(C(=O)N3CCc4cc(OC)c(OC)cc4C3)C2)c1. The van der Waals surface area contributed by atoms with Gasteiger partial charge in [0, 0.05) is 44.4 Å². The van der Waals surface area contributed by atoms with Crippen LogP contribution < -0.4 is 19.5 Å². The number of benzene rings is 2. The molecular formula is C26H33N3O5. The van der Waals surface area contributed by atoms with Crippen LogP contribution in [-0.2, 0) is 22.6 Å². The number of amides is 2. The fourth-order valence-electron chi connectivity index (χ4n) is 4.75. The van der Waals surface area contributed by atoms with Crippen LogP contribution in [0.15, 0.2) is 36.4 Å². The maximum atomic E-state index is 13.2. The van der Waals surface area contributed by atoms with Crippen LogP contribution in [0, 0.1) is 5.92 Å². The highest BCUT2D eigenvalue weighted by Gasteiger charge is 2.33. The molecule has 182 valence electrons. The first-order valence-corrected chi connectivity index (χ1v) is 11.7. The van der Waals surface area contributed by atoms with E-state index < -0.39 is 0 Å². The number of hydrogen-bond acceptors (Lipinski definition) is 6. The Morgan fingerprint density at radius 2 is 1.76 bits per heavy atom. The summed E-state index contributed by atoms with van der Waals surface area (Å²) in [6.45, 7) is 3.47. The molecule has 2 amide bonds. The van der Waals surface area contributed by atoms with Crippen molar-refractivity contribution in [2.45, 2.75) is 25.8 Å². The molecule has 2 aliphatic rings. The lowest BCUT2D eigenvalue weighted by Gasteiger charge is -2.31. The van der Waals surface area contributed by atoms with Gasteiger partial charge < -0.3 is 29.3 Å². The van der Waals surface area contributed by atoms with E-state index in [1.54, 1.807) is 27.4 Å². The minimum Gasteiger partial charge on any atom is -0.497 e. The Hall–Kier alpha value is -3.26.